The number of rotatable bonds is 5. The zero-order valence-electron chi connectivity index (χ0n) is 10.6. The molecule has 1 aromatic heterocycles. The molecule has 1 unspecified atom stereocenters. The summed E-state index contributed by atoms with van der Waals surface area (Å²) in [5.41, 5.74) is 1.45. The lowest BCUT2D eigenvalue weighted by Crippen LogP contribution is -2.24. The molecule has 0 aromatic carbocycles. The maximum atomic E-state index is 3.48. The number of aryl methyl sites for hydroxylation is 2. The van der Waals surface area contributed by atoms with Crippen molar-refractivity contribution in [1.82, 2.24) is 5.32 Å². The van der Waals surface area contributed by atoms with Gasteiger partial charge in [0.1, 0.15) is 0 Å². The summed E-state index contributed by atoms with van der Waals surface area (Å²) in [6.45, 7) is 8.99. The molecular weight excluding hydrogens is 202 g/mol. The van der Waals surface area contributed by atoms with Gasteiger partial charge in [0.25, 0.3) is 0 Å². The van der Waals surface area contributed by atoms with Crippen molar-refractivity contribution >= 4 is 11.3 Å². The SMILES string of the molecule is CCC(CC)C(NC)c1sc(C)cc1C. The van der Waals surface area contributed by atoms with Crippen LogP contribution in [0.25, 0.3) is 0 Å². The van der Waals surface area contributed by atoms with Gasteiger partial charge in [-0.25, -0.2) is 0 Å². The molecule has 1 N–H and O–H groups in total. The smallest absolute Gasteiger partial charge is 0.0443 e. The van der Waals surface area contributed by atoms with Crippen molar-refractivity contribution in [1.29, 1.82) is 0 Å². The standard InChI is InChI=1S/C13H23NS/c1-6-11(7-2)12(14-5)13-9(3)8-10(4)15-13/h8,11-12,14H,6-7H2,1-5H3. The van der Waals surface area contributed by atoms with E-state index in [0.717, 1.165) is 5.92 Å². The predicted molar refractivity (Wildman–Crippen MR) is 69.7 cm³/mol. The van der Waals surface area contributed by atoms with Gasteiger partial charge in [0, 0.05) is 15.8 Å². The molecule has 0 saturated heterocycles. The summed E-state index contributed by atoms with van der Waals surface area (Å²) < 4.78 is 0. The normalized spacial score (nSPS) is 13.5. The Kier molecular flexibility index (Phi) is 4.81. The Labute approximate surface area is 97.9 Å². The van der Waals surface area contributed by atoms with Gasteiger partial charge in [-0.3, -0.25) is 0 Å². The van der Waals surface area contributed by atoms with E-state index >= 15 is 0 Å². The van der Waals surface area contributed by atoms with Crippen LogP contribution in [-0.4, -0.2) is 7.05 Å². The molecule has 0 radical (unpaired) electrons. The second-order valence-electron chi connectivity index (χ2n) is 4.25. The Morgan fingerprint density at radius 3 is 2.20 bits per heavy atom. The molecule has 0 amide bonds. The van der Waals surface area contributed by atoms with Crippen LogP contribution < -0.4 is 5.32 Å². The third-order valence-electron chi connectivity index (χ3n) is 3.19. The van der Waals surface area contributed by atoms with Crippen LogP contribution in [0.1, 0.15) is 48.0 Å². The van der Waals surface area contributed by atoms with E-state index in [-0.39, 0.29) is 0 Å². The minimum atomic E-state index is 0.540. The summed E-state index contributed by atoms with van der Waals surface area (Å²) in [7, 11) is 2.08. The highest BCUT2D eigenvalue weighted by Crippen LogP contribution is 2.34. The molecule has 15 heavy (non-hydrogen) atoms. The second-order valence-corrected chi connectivity index (χ2v) is 5.54. The minimum Gasteiger partial charge on any atom is -0.312 e. The zero-order chi connectivity index (χ0) is 11.4. The second kappa shape index (κ2) is 5.66. The maximum absolute atomic E-state index is 3.48. The lowest BCUT2D eigenvalue weighted by Gasteiger charge is -2.24. The summed E-state index contributed by atoms with van der Waals surface area (Å²) in [5, 5.41) is 3.48. The average molecular weight is 225 g/mol. The number of hydrogen-bond acceptors (Lipinski definition) is 2. The van der Waals surface area contributed by atoms with Crippen LogP contribution in [0.4, 0.5) is 0 Å². The van der Waals surface area contributed by atoms with Gasteiger partial charge in [-0.05, 0) is 38.4 Å². The van der Waals surface area contributed by atoms with Gasteiger partial charge in [-0.15, -0.1) is 11.3 Å². The lowest BCUT2D eigenvalue weighted by molar-refractivity contribution is 0.363. The fourth-order valence-electron chi connectivity index (χ4n) is 2.31. The molecule has 0 aliphatic carbocycles. The van der Waals surface area contributed by atoms with Gasteiger partial charge in [0.15, 0.2) is 0 Å². The van der Waals surface area contributed by atoms with Crippen LogP contribution in [0.5, 0.6) is 0 Å². The first-order chi connectivity index (χ1) is 7.13. The summed E-state index contributed by atoms with van der Waals surface area (Å²) in [6, 6.07) is 2.84. The van der Waals surface area contributed by atoms with E-state index in [4.69, 9.17) is 0 Å². The summed E-state index contributed by atoms with van der Waals surface area (Å²) >= 11 is 1.94. The fourth-order valence-corrected chi connectivity index (χ4v) is 3.55. The lowest BCUT2D eigenvalue weighted by atomic mass is 9.92. The monoisotopic (exact) mass is 225 g/mol. The molecule has 0 spiro atoms. The van der Waals surface area contributed by atoms with Crippen LogP contribution in [0, 0.1) is 19.8 Å². The molecule has 0 saturated carbocycles. The Morgan fingerprint density at radius 1 is 1.27 bits per heavy atom. The van der Waals surface area contributed by atoms with Crippen LogP contribution in [-0.2, 0) is 0 Å². The predicted octanol–water partition coefficient (Wildman–Crippen LogP) is 4.06. The average Bonchev–Trinajstić information content (AvgIpc) is 2.54. The van der Waals surface area contributed by atoms with Gasteiger partial charge in [-0.1, -0.05) is 26.7 Å². The van der Waals surface area contributed by atoms with Crippen molar-refractivity contribution in [2.75, 3.05) is 7.05 Å². The molecule has 1 heterocycles. The van der Waals surface area contributed by atoms with Crippen molar-refractivity contribution in [2.24, 2.45) is 5.92 Å². The topological polar surface area (TPSA) is 12.0 Å². The quantitative estimate of drug-likeness (QED) is 0.797. The summed E-state index contributed by atoms with van der Waals surface area (Å²) in [6.07, 6.45) is 2.50. The third kappa shape index (κ3) is 2.82. The maximum Gasteiger partial charge on any atom is 0.0443 e. The third-order valence-corrected chi connectivity index (χ3v) is 4.43. The molecule has 0 fully saturated rings. The van der Waals surface area contributed by atoms with Gasteiger partial charge < -0.3 is 5.32 Å². The van der Waals surface area contributed by atoms with Gasteiger partial charge in [0.05, 0.1) is 0 Å². The van der Waals surface area contributed by atoms with Crippen LogP contribution in [0.3, 0.4) is 0 Å². The number of nitrogens with one attached hydrogen (secondary N) is 1. The van der Waals surface area contributed by atoms with Crippen molar-refractivity contribution in [2.45, 2.75) is 46.6 Å². The highest BCUT2D eigenvalue weighted by Gasteiger charge is 2.21. The van der Waals surface area contributed by atoms with Crippen molar-refractivity contribution < 1.29 is 0 Å². The Bertz CT molecular complexity index is 299. The van der Waals surface area contributed by atoms with E-state index < -0.39 is 0 Å². The van der Waals surface area contributed by atoms with E-state index in [9.17, 15) is 0 Å². The molecule has 0 aliphatic heterocycles. The highest BCUT2D eigenvalue weighted by molar-refractivity contribution is 7.12. The van der Waals surface area contributed by atoms with Crippen molar-refractivity contribution in [3.8, 4) is 0 Å². The molecule has 1 rings (SSSR count). The van der Waals surface area contributed by atoms with Crippen LogP contribution >= 0.6 is 11.3 Å². The molecule has 1 atom stereocenters. The zero-order valence-corrected chi connectivity index (χ0v) is 11.4. The van der Waals surface area contributed by atoms with Gasteiger partial charge >= 0.3 is 0 Å². The molecule has 0 aliphatic rings. The Hall–Kier alpha value is -0.340. The van der Waals surface area contributed by atoms with E-state index in [0.29, 0.717) is 6.04 Å². The molecule has 0 bridgehead atoms. The first kappa shape index (κ1) is 12.7. The Morgan fingerprint density at radius 2 is 1.87 bits per heavy atom. The Balaban J connectivity index is 2.95. The van der Waals surface area contributed by atoms with Gasteiger partial charge in [-0.2, -0.15) is 0 Å². The number of hydrogen-bond donors (Lipinski definition) is 1. The van der Waals surface area contributed by atoms with Crippen molar-refractivity contribution in [3.05, 3.63) is 21.4 Å². The minimum absolute atomic E-state index is 0.540. The van der Waals surface area contributed by atoms with E-state index in [1.807, 2.05) is 11.3 Å². The fraction of sp³-hybridized carbons (Fsp3) is 0.692. The van der Waals surface area contributed by atoms with Gasteiger partial charge in [0.2, 0.25) is 0 Å². The molecule has 2 heteroatoms. The van der Waals surface area contributed by atoms with Crippen LogP contribution in [0.15, 0.2) is 6.07 Å². The number of thiophene rings is 1. The molecular formula is C13H23NS. The molecule has 1 nitrogen and oxygen atoms in total. The molecule has 1 aromatic rings. The highest BCUT2D eigenvalue weighted by atomic mass is 32.1. The van der Waals surface area contributed by atoms with E-state index in [2.05, 4.69) is 46.1 Å². The van der Waals surface area contributed by atoms with E-state index in [1.165, 1.54) is 28.2 Å². The molecule has 86 valence electrons. The van der Waals surface area contributed by atoms with E-state index in [1.54, 1.807) is 0 Å². The summed E-state index contributed by atoms with van der Waals surface area (Å²) in [4.78, 5) is 2.96. The van der Waals surface area contributed by atoms with Crippen molar-refractivity contribution in [3.63, 3.8) is 0 Å². The summed E-state index contributed by atoms with van der Waals surface area (Å²) in [5.74, 6) is 0.756. The first-order valence-electron chi connectivity index (χ1n) is 5.88. The van der Waals surface area contributed by atoms with Crippen LogP contribution in [0.2, 0.25) is 0 Å². The first-order valence-corrected chi connectivity index (χ1v) is 6.69. The largest absolute Gasteiger partial charge is 0.312 e.